The normalized spacial score (nSPS) is 10.1. The Kier molecular flexibility index (Phi) is 3.86. The molecule has 0 saturated carbocycles. The van der Waals surface area contributed by atoms with E-state index in [-0.39, 0.29) is 0 Å². The lowest BCUT2D eigenvalue weighted by atomic mass is 10.1. The summed E-state index contributed by atoms with van der Waals surface area (Å²) in [7, 11) is 0. The van der Waals surface area contributed by atoms with Crippen molar-refractivity contribution in [2.45, 2.75) is 20.0 Å². The molecule has 0 fully saturated rings. The lowest BCUT2D eigenvalue weighted by molar-refractivity contribution is 0.700. The van der Waals surface area contributed by atoms with Gasteiger partial charge in [-0.1, -0.05) is 12.1 Å². The second-order valence-corrected chi connectivity index (χ2v) is 5.08. The van der Waals surface area contributed by atoms with Crippen LogP contribution in [0.3, 0.4) is 0 Å². The van der Waals surface area contributed by atoms with Crippen LogP contribution in [0.25, 0.3) is 0 Å². The molecule has 1 heterocycles. The molecule has 0 saturated heterocycles. The third-order valence-electron chi connectivity index (χ3n) is 2.35. The number of nitrogens with zero attached hydrogens (tertiary/aromatic N) is 2. The van der Waals surface area contributed by atoms with Crippen molar-refractivity contribution in [1.82, 2.24) is 10.3 Å². The summed E-state index contributed by atoms with van der Waals surface area (Å²) in [5.74, 6) is 0. The molecule has 17 heavy (non-hydrogen) atoms. The first-order valence-electron chi connectivity index (χ1n) is 5.39. The van der Waals surface area contributed by atoms with Crippen LogP contribution in [-0.4, -0.2) is 4.98 Å². The smallest absolute Gasteiger partial charge is 0.0991 e. The summed E-state index contributed by atoms with van der Waals surface area (Å²) in [6, 6.07) is 9.80. The number of aryl methyl sites for hydroxylation is 1. The molecule has 86 valence electrons. The number of thiazole rings is 1. The van der Waals surface area contributed by atoms with Gasteiger partial charge in [-0.05, 0) is 24.6 Å². The maximum Gasteiger partial charge on any atom is 0.0991 e. The second-order valence-electron chi connectivity index (χ2n) is 3.76. The Balaban J connectivity index is 1.88. The van der Waals surface area contributed by atoms with E-state index >= 15 is 0 Å². The number of hydrogen-bond donors (Lipinski definition) is 1. The molecule has 1 aromatic heterocycles. The van der Waals surface area contributed by atoms with Crippen LogP contribution in [0.4, 0.5) is 0 Å². The Hall–Kier alpha value is -1.70. The second kappa shape index (κ2) is 5.58. The fraction of sp³-hybridized carbons (Fsp3) is 0.231. The highest BCUT2D eigenvalue weighted by Crippen LogP contribution is 2.11. The van der Waals surface area contributed by atoms with E-state index in [0.29, 0.717) is 5.56 Å². The van der Waals surface area contributed by atoms with Crippen LogP contribution < -0.4 is 5.32 Å². The third-order valence-corrected chi connectivity index (χ3v) is 3.27. The Bertz CT molecular complexity index is 540. The van der Waals surface area contributed by atoms with Gasteiger partial charge < -0.3 is 5.32 Å². The van der Waals surface area contributed by atoms with E-state index < -0.39 is 0 Å². The SMILES string of the molecule is Cc1ncc(CNCc2cccc(C#N)c2)s1. The van der Waals surface area contributed by atoms with E-state index in [1.807, 2.05) is 37.4 Å². The molecule has 0 amide bonds. The summed E-state index contributed by atoms with van der Waals surface area (Å²) >= 11 is 1.70. The predicted octanol–water partition coefficient (Wildman–Crippen LogP) is 2.61. The van der Waals surface area contributed by atoms with Crippen LogP contribution in [0.15, 0.2) is 30.5 Å². The maximum atomic E-state index is 8.79. The van der Waals surface area contributed by atoms with E-state index in [1.165, 1.54) is 4.88 Å². The van der Waals surface area contributed by atoms with Crippen LogP contribution in [0.2, 0.25) is 0 Å². The van der Waals surface area contributed by atoms with E-state index in [9.17, 15) is 0 Å². The quantitative estimate of drug-likeness (QED) is 0.898. The Labute approximate surface area is 105 Å². The molecule has 1 aromatic carbocycles. The van der Waals surface area contributed by atoms with Crippen molar-refractivity contribution in [3.8, 4) is 6.07 Å². The molecule has 0 aliphatic heterocycles. The lowest BCUT2D eigenvalue weighted by Gasteiger charge is -2.03. The molecule has 0 spiro atoms. The van der Waals surface area contributed by atoms with Gasteiger partial charge in [0.05, 0.1) is 16.6 Å². The Morgan fingerprint density at radius 3 is 3.00 bits per heavy atom. The molecule has 3 nitrogen and oxygen atoms in total. The van der Waals surface area contributed by atoms with Gasteiger partial charge in [-0.25, -0.2) is 4.98 Å². The molecule has 0 radical (unpaired) electrons. The zero-order chi connectivity index (χ0) is 12.1. The summed E-state index contributed by atoms with van der Waals surface area (Å²) in [6.07, 6.45) is 1.90. The largest absolute Gasteiger partial charge is 0.308 e. The predicted molar refractivity (Wildman–Crippen MR) is 68.6 cm³/mol. The molecular formula is C13H13N3S. The van der Waals surface area contributed by atoms with Crippen LogP contribution in [0, 0.1) is 18.3 Å². The highest BCUT2D eigenvalue weighted by molar-refractivity contribution is 7.11. The maximum absolute atomic E-state index is 8.79. The molecule has 0 aliphatic carbocycles. The summed E-state index contributed by atoms with van der Waals surface area (Å²) in [6.45, 7) is 3.60. The third kappa shape index (κ3) is 3.38. The molecule has 4 heteroatoms. The average molecular weight is 243 g/mol. The van der Waals surface area contributed by atoms with Crippen molar-refractivity contribution >= 4 is 11.3 Å². The van der Waals surface area contributed by atoms with Crippen LogP contribution >= 0.6 is 11.3 Å². The molecule has 2 rings (SSSR count). The zero-order valence-corrected chi connectivity index (χ0v) is 10.4. The van der Waals surface area contributed by atoms with E-state index in [4.69, 9.17) is 5.26 Å². The van der Waals surface area contributed by atoms with Gasteiger partial charge in [0.2, 0.25) is 0 Å². The monoisotopic (exact) mass is 243 g/mol. The van der Waals surface area contributed by atoms with Gasteiger partial charge in [0, 0.05) is 24.2 Å². The van der Waals surface area contributed by atoms with Crippen molar-refractivity contribution in [1.29, 1.82) is 5.26 Å². The highest BCUT2D eigenvalue weighted by Gasteiger charge is 1.98. The number of nitriles is 1. The summed E-state index contributed by atoms with van der Waals surface area (Å²) in [5, 5.41) is 13.2. The fourth-order valence-electron chi connectivity index (χ4n) is 1.57. The highest BCUT2D eigenvalue weighted by atomic mass is 32.1. The van der Waals surface area contributed by atoms with Gasteiger partial charge in [-0.3, -0.25) is 0 Å². The van der Waals surface area contributed by atoms with E-state index in [2.05, 4.69) is 16.4 Å². The van der Waals surface area contributed by atoms with Crippen molar-refractivity contribution in [2.75, 3.05) is 0 Å². The summed E-state index contributed by atoms with van der Waals surface area (Å²) in [4.78, 5) is 5.44. The van der Waals surface area contributed by atoms with Crippen LogP contribution in [0.5, 0.6) is 0 Å². The molecule has 0 unspecified atom stereocenters. The lowest BCUT2D eigenvalue weighted by Crippen LogP contribution is -2.11. The van der Waals surface area contributed by atoms with Crippen LogP contribution in [-0.2, 0) is 13.1 Å². The van der Waals surface area contributed by atoms with E-state index in [0.717, 1.165) is 23.7 Å². The minimum Gasteiger partial charge on any atom is -0.308 e. The number of hydrogen-bond acceptors (Lipinski definition) is 4. The molecule has 1 N–H and O–H groups in total. The van der Waals surface area contributed by atoms with Gasteiger partial charge in [0.1, 0.15) is 0 Å². The minimum absolute atomic E-state index is 0.706. The molecule has 0 aliphatic rings. The first kappa shape index (κ1) is 11.8. The Morgan fingerprint density at radius 1 is 1.41 bits per heavy atom. The van der Waals surface area contributed by atoms with Crippen molar-refractivity contribution < 1.29 is 0 Å². The average Bonchev–Trinajstić information content (AvgIpc) is 2.75. The van der Waals surface area contributed by atoms with Crippen molar-refractivity contribution in [2.24, 2.45) is 0 Å². The van der Waals surface area contributed by atoms with Gasteiger partial charge in [0.15, 0.2) is 0 Å². The molecule has 0 atom stereocenters. The van der Waals surface area contributed by atoms with Gasteiger partial charge >= 0.3 is 0 Å². The first-order chi connectivity index (χ1) is 8.28. The minimum atomic E-state index is 0.706. The number of nitrogens with one attached hydrogen (secondary N) is 1. The molecule has 0 bridgehead atoms. The van der Waals surface area contributed by atoms with E-state index in [1.54, 1.807) is 11.3 Å². The first-order valence-corrected chi connectivity index (χ1v) is 6.20. The molecular weight excluding hydrogens is 230 g/mol. The topological polar surface area (TPSA) is 48.7 Å². The summed E-state index contributed by atoms with van der Waals surface area (Å²) < 4.78 is 0. The van der Waals surface area contributed by atoms with Crippen molar-refractivity contribution in [3.63, 3.8) is 0 Å². The van der Waals surface area contributed by atoms with Crippen LogP contribution in [0.1, 0.15) is 21.0 Å². The number of rotatable bonds is 4. The van der Waals surface area contributed by atoms with Crippen molar-refractivity contribution in [3.05, 3.63) is 51.5 Å². The number of benzene rings is 1. The summed E-state index contributed by atoms with van der Waals surface area (Å²) in [5.41, 5.74) is 1.84. The zero-order valence-electron chi connectivity index (χ0n) is 9.60. The van der Waals surface area contributed by atoms with Gasteiger partial charge in [-0.2, -0.15) is 5.26 Å². The fourth-order valence-corrected chi connectivity index (χ4v) is 2.33. The molecule has 2 aromatic rings. The van der Waals surface area contributed by atoms with Gasteiger partial charge in [0.25, 0.3) is 0 Å². The Morgan fingerprint density at radius 2 is 2.29 bits per heavy atom. The van der Waals surface area contributed by atoms with Gasteiger partial charge in [-0.15, -0.1) is 11.3 Å². The standard InChI is InChI=1S/C13H13N3S/c1-10-16-9-13(17-10)8-15-7-12-4-2-3-11(5-12)6-14/h2-5,9,15H,7-8H2,1H3. The number of aromatic nitrogens is 1.